The number of hydrogen-bond acceptors (Lipinski definition) is 3. The molecule has 0 fully saturated rings. The minimum Gasteiger partial charge on any atom is -0.494 e. The molecule has 0 aromatic heterocycles. The summed E-state index contributed by atoms with van der Waals surface area (Å²) in [5.41, 5.74) is 3.33. The maximum absolute atomic E-state index is 13.7. The van der Waals surface area contributed by atoms with Gasteiger partial charge >= 0.3 is 0 Å². The molecule has 0 saturated carbocycles. The van der Waals surface area contributed by atoms with Crippen LogP contribution in [0.15, 0.2) is 36.4 Å². The molecular weight excluding hydrogens is 269 g/mol. The molecule has 0 atom stereocenters. The van der Waals surface area contributed by atoms with Crippen LogP contribution in [0.5, 0.6) is 5.75 Å². The lowest BCUT2D eigenvalue weighted by Gasteiger charge is -2.17. The predicted octanol–water partition coefficient (Wildman–Crippen LogP) is 2.71. The summed E-state index contributed by atoms with van der Waals surface area (Å²) in [6.07, 6.45) is 0.973. The van der Waals surface area contributed by atoms with E-state index < -0.39 is 5.82 Å². The number of fused-ring (bicyclic) bond motifs is 1. The van der Waals surface area contributed by atoms with Gasteiger partial charge in [0, 0.05) is 17.7 Å². The van der Waals surface area contributed by atoms with Crippen molar-refractivity contribution in [3.05, 3.63) is 64.5 Å². The van der Waals surface area contributed by atoms with Gasteiger partial charge in [0.15, 0.2) is 17.3 Å². The van der Waals surface area contributed by atoms with Gasteiger partial charge in [0.1, 0.15) is 0 Å². The summed E-state index contributed by atoms with van der Waals surface area (Å²) < 4.78 is 18.6. The van der Waals surface area contributed by atoms with Crippen molar-refractivity contribution in [3.63, 3.8) is 0 Å². The van der Waals surface area contributed by atoms with E-state index in [-0.39, 0.29) is 11.5 Å². The molecule has 21 heavy (non-hydrogen) atoms. The number of carbonyl (C=O) groups excluding carboxylic acids is 1. The molecule has 1 aliphatic heterocycles. The first kappa shape index (κ1) is 13.8. The van der Waals surface area contributed by atoms with Crippen LogP contribution in [-0.2, 0) is 13.0 Å². The normalized spacial score (nSPS) is 13.6. The fourth-order valence-corrected chi connectivity index (χ4v) is 2.60. The summed E-state index contributed by atoms with van der Waals surface area (Å²) in [4.78, 5) is 12.5. The van der Waals surface area contributed by atoms with E-state index in [1.165, 1.54) is 24.8 Å². The zero-order valence-electron chi connectivity index (χ0n) is 11.8. The Morgan fingerprint density at radius 3 is 2.67 bits per heavy atom. The van der Waals surface area contributed by atoms with Gasteiger partial charge in [0.25, 0.3) is 0 Å². The third-order valence-electron chi connectivity index (χ3n) is 3.77. The van der Waals surface area contributed by atoms with Crippen LogP contribution in [0.3, 0.4) is 0 Å². The minimum absolute atomic E-state index is 0.140. The summed E-state index contributed by atoms with van der Waals surface area (Å²) in [5, 5.41) is 3.28. The van der Waals surface area contributed by atoms with Crippen LogP contribution in [0.2, 0.25) is 0 Å². The molecule has 1 aliphatic rings. The lowest BCUT2D eigenvalue weighted by atomic mass is 9.95. The highest BCUT2D eigenvalue weighted by Gasteiger charge is 2.15. The summed E-state index contributed by atoms with van der Waals surface area (Å²) in [6, 6.07) is 9.98. The Morgan fingerprint density at radius 1 is 1.14 bits per heavy atom. The molecule has 2 aromatic carbocycles. The van der Waals surface area contributed by atoms with Crippen molar-refractivity contribution in [2.75, 3.05) is 13.7 Å². The molecule has 0 bridgehead atoms. The van der Waals surface area contributed by atoms with Gasteiger partial charge in [-0.25, -0.2) is 4.39 Å². The van der Waals surface area contributed by atoms with Crippen molar-refractivity contribution in [2.45, 2.75) is 13.0 Å². The number of hydrogen-bond donors (Lipinski definition) is 1. The minimum atomic E-state index is -0.525. The van der Waals surface area contributed by atoms with Crippen LogP contribution in [0.4, 0.5) is 4.39 Å². The predicted molar refractivity (Wildman–Crippen MR) is 78.2 cm³/mol. The van der Waals surface area contributed by atoms with E-state index >= 15 is 0 Å². The van der Waals surface area contributed by atoms with E-state index in [9.17, 15) is 9.18 Å². The molecule has 108 valence electrons. The number of methoxy groups -OCH3 is 1. The SMILES string of the molecule is COc1ccc(C(=O)c2ccc3c(c2)CNCC3)cc1F. The Labute approximate surface area is 122 Å². The average molecular weight is 285 g/mol. The summed E-state index contributed by atoms with van der Waals surface area (Å²) in [6.45, 7) is 1.73. The Bertz CT molecular complexity index is 697. The van der Waals surface area contributed by atoms with Crippen molar-refractivity contribution in [2.24, 2.45) is 0 Å². The molecule has 1 N–H and O–H groups in total. The maximum atomic E-state index is 13.7. The second kappa shape index (κ2) is 5.66. The Morgan fingerprint density at radius 2 is 1.90 bits per heavy atom. The lowest BCUT2D eigenvalue weighted by molar-refractivity contribution is 0.103. The number of ether oxygens (including phenoxy) is 1. The number of ketones is 1. The molecule has 4 heteroatoms. The van der Waals surface area contributed by atoms with E-state index in [4.69, 9.17) is 4.74 Å². The molecule has 0 saturated heterocycles. The number of benzene rings is 2. The average Bonchev–Trinajstić information content (AvgIpc) is 2.53. The molecule has 0 radical (unpaired) electrons. The van der Waals surface area contributed by atoms with Gasteiger partial charge < -0.3 is 10.1 Å². The van der Waals surface area contributed by atoms with Crippen LogP contribution >= 0.6 is 0 Å². The maximum Gasteiger partial charge on any atom is 0.193 e. The van der Waals surface area contributed by atoms with Crippen LogP contribution in [0.1, 0.15) is 27.0 Å². The molecule has 3 nitrogen and oxygen atoms in total. The summed E-state index contributed by atoms with van der Waals surface area (Å²) >= 11 is 0. The lowest BCUT2D eigenvalue weighted by Crippen LogP contribution is -2.23. The van der Waals surface area contributed by atoms with Gasteiger partial charge in [-0.05, 0) is 48.4 Å². The Hall–Kier alpha value is -2.20. The largest absolute Gasteiger partial charge is 0.494 e. The van der Waals surface area contributed by atoms with Crippen LogP contribution in [0, 0.1) is 5.82 Å². The summed E-state index contributed by atoms with van der Waals surface area (Å²) in [5.74, 6) is -0.561. The topological polar surface area (TPSA) is 38.3 Å². The Balaban J connectivity index is 1.93. The first-order chi connectivity index (χ1) is 10.2. The number of halogens is 1. The van der Waals surface area contributed by atoms with Crippen molar-refractivity contribution in [3.8, 4) is 5.75 Å². The first-order valence-electron chi connectivity index (χ1n) is 6.90. The number of rotatable bonds is 3. The standard InChI is InChI=1S/C17H16FNO2/c1-21-16-5-4-13(9-15(16)18)17(20)12-3-2-11-6-7-19-10-14(11)8-12/h2-5,8-9,19H,6-7,10H2,1H3. The zero-order valence-corrected chi connectivity index (χ0v) is 11.8. The molecule has 0 spiro atoms. The molecule has 2 aromatic rings. The van der Waals surface area contributed by atoms with Gasteiger partial charge in [-0.2, -0.15) is 0 Å². The van der Waals surface area contributed by atoms with Crippen molar-refractivity contribution >= 4 is 5.78 Å². The quantitative estimate of drug-likeness (QED) is 0.881. The highest BCUT2D eigenvalue weighted by atomic mass is 19.1. The van der Waals surface area contributed by atoms with Crippen molar-refractivity contribution in [1.29, 1.82) is 0 Å². The van der Waals surface area contributed by atoms with Crippen molar-refractivity contribution < 1.29 is 13.9 Å². The monoisotopic (exact) mass is 285 g/mol. The van der Waals surface area contributed by atoms with E-state index in [1.54, 1.807) is 6.07 Å². The second-order valence-corrected chi connectivity index (χ2v) is 5.09. The van der Waals surface area contributed by atoms with Gasteiger partial charge in [-0.3, -0.25) is 4.79 Å². The highest BCUT2D eigenvalue weighted by molar-refractivity contribution is 6.09. The zero-order chi connectivity index (χ0) is 14.8. The van der Waals surface area contributed by atoms with E-state index in [0.717, 1.165) is 25.1 Å². The van der Waals surface area contributed by atoms with E-state index in [1.807, 2.05) is 18.2 Å². The number of carbonyl (C=O) groups is 1. The van der Waals surface area contributed by atoms with Gasteiger partial charge in [0.05, 0.1) is 7.11 Å². The molecular formula is C17H16FNO2. The van der Waals surface area contributed by atoms with Gasteiger partial charge in [0.2, 0.25) is 0 Å². The fraction of sp³-hybridized carbons (Fsp3) is 0.235. The third kappa shape index (κ3) is 2.67. The van der Waals surface area contributed by atoms with E-state index in [2.05, 4.69) is 5.32 Å². The highest BCUT2D eigenvalue weighted by Crippen LogP contribution is 2.22. The van der Waals surface area contributed by atoms with Crippen LogP contribution in [0.25, 0.3) is 0 Å². The van der Waals surface area contributed by atoms with Crippen LogP contribution < -0.4 is 10.1 Å². The fourth-order valence-electron chi connectivity index (χ4n) is 2.60. The number of nitrogens with one attached hydrogen (secondary N) is 1. The molecule has 1 heterocycles. The summed E-state index contributed by atoms with van der Waals surface area (Å²) in [7, 11) is 1.40. The second-order valence-electron chi connectivity index (χ2n) is 5.09. The van der Waals surface area contributed by atoms with Gasteiger partial charge in [-0.1, -0.05) is 12.1 Å². The Kier molecular flexibility index (Phi) is 3.71. The van der Waals surface area contributed by atoms with Crippen LogP contribution in [-0.4, -0.2) is 19.4 Å². The smallest absolute Gasteiger partial charge is 0.193 e. The first-order valence-corrected chi connectivity index (χ1v) is 6.90. The molecule has 0 unspecified atom stereocenters. The van der Waals surface area contributed by atoms with E-state index in [0.29, 0.717) is 11.1 Å². The molecule has 0 amide bonds. The van der Waals surface area contributed by atoms with Crippen molar-refractivity contribution in [1.82, 2.24) is 5.32 Å². The molecule has 3 rings (SSSR count). The third-order valence-corrected chi connectivity index (χ3v) is 3.77. The van der Waals surface area contributed by atoms with Gasteiger partial charge in [-0.15, -0.1) is 0 Å². The molecule has 0 aliphatic carbocycles.